The van der Waals surface area contributed by atoms with E-state index in [9.17, 15) is 4.79 Å². The fourth-order valence-corrected chi connectivity index (χ4v) is 1.36. The molecular weight excluding hydrogens is 223 g/mol. The highest BCUT2D eigenvalue weighted by molar-refractivity contribution is 6.39. The van der Waals surface area contributed by atoms with Crippen LogP contribution in [0.1, 0.15) is 0 Å². The summed E-state index contributed by atoms with van der Waals surface area (Å²) in [5.74, 6) is -0.421. The van der Waals surface area contributed by atoms with Crippen LogP contribution in [-0.4, -0.2) is 12.5 Å². The first-order valence-corrected chi connectivity index (χ1v) is 4.48. The molecule has 3 nitrogen and oxygen atoms in total. The van der Waals surface area contributed by atoms with Crippen LogP contribution in [-0.2, 0) is 4.79 Å². The fraction of sp³-hybridized carbons (Fsp3) is 0.111. The molecule has 72 valence electrons. The average molecular weight is 229 g/mol. The summed E-state index contributed by atoms with van der Waals surface area (Å²) in [7, 11) is 0. The first-order chi connectivity index (χ1) is 6.65. The minimum absolute atomic E-state index is 0.235. The Labute approximate surface area is 91.4 Å². The molecule has 14 heavy (non-hydrogen) atoms. The first-order valence-electron chi connectivity index (χ1n) is 3.72. The molecular formula is C9H6Cl2N2O. The van der Waals surface area contributed by atoms with Gasteiger partial charge in [0.25, 0.3) is 6.54 Å². The molecule has 0 aliphatic heterocycles. The van der Waals surface area contributed by atoms with E-state index in [4.69, 9.17) is 29.8 Å². The minimum atomic E-state index is -0.421. The number of benzene rings is 1. The van der Waals surface area contributed by atoms with E-state index in [1.807, 2.05) is 0 Å². The molecule has 1 aromatic rings. The van der Waals surface area contributed by atoms with Crippen LogP contribution in [0.5, 0.6) is 0 Å². The average Bonchev–Trinajstić information content (AvgIpc) is 2.12. The Hall–Kier alpha value is -1.24. The molecule has 5 heteroatoms. The van der Waals surface area contributed by atoms with E-state index in [-0.39, 0.29) is 6.54 Å². The molecule has 0 unspecified atom stereocenters. The van der Waals surface area contributed by atoms with Crippen molar-refractivity contribution in [3.8, 4) is 0 Å². The second-order valence-corrected chi connectivity index (χ2v) is 3.28. The number of hydrogen-bond donors (Lipinski definition) is 1. The van der Waals surface area contributed by atoms with Crippen molar-refractivity contribution < 1.29 is 4.79 Å². The molecule has 1 aromatic carbocycles. The Kier molecular flexibility index (Phi) is 3.75. The van der Waals surface area contributed by atoms with Crippen molar-refractivity contribution >= 4 is 34.8 Å². The minimum Gasteiger partial charge on any atom is -0.317 e. The van der Waals surface area contributed by atoms with Crippen LogP contribution in [0.2, 0.25) is 10.0 Å². The standard InChI is InChI=1S/C9H6Cl2N2O/c1-12-5-8(14)13-9-6(10)3-2-4-7(9)11/h2-4H,5H2,(H,13,14). The second kappa shape index (κ2) is 4.85. The number of para-hydroxylation sites is 1. The zero-order valence-electron chi connectivity index (χ0n) is 7.05. The monoisotopic (exact) mass is 228 g/mol. The van der Waals surface area contributed by atoms with Gasteiger partial charge in [0.1, 0.15) is 0 Å². The van der Waals surface area contributed by atoms with Crippen molar-refractivity contribution in [1.82, 2.24) is 0 Å². The molecule has 0 aromatic heterocycles. The third kappa shape index (κ3) is 2.63. The van der Waals surface area contributed by atoms with Gasteiger partial charge in [0.05, 0.1) is 15.7 Å². The summed E-state index contributed by atoms with van der Waals surface area (Å²) >= 11 is 11.6. The van der Waals surface area contributed by atoms with E-state index in [0.717, 1.165) is 0 Å². The van der Waals surface area contributed by atoms with E-state index in [2.05, 4.69) is 10.2 Å². The highest BCUT2D eigenvalue weighted by Gasteiger charge is 2.10. The van der Waals surface area contributed by atoms with Crippen molar-refractivity contribution in [2.45, 2.75) is 0 Å². The van der Waals surface area contributed by atoms with Gasteiger partial charge in [-0.2, -0.15) is 0 Å². The molecule has 0 fully saturated rings. The third-order valence-corrected chi connectivity index (χ3v) is 2.08. The van der Waals surface area contributed by atoms with Gasteiger partial charge in [0, 0.05) is 0 Å². The van der Waals surface area contributed by atoms with Crippen molar-refractivity contribution in [1.29, 1.82) is 0 Å². The largest absolute Gasteiger partial charge is 0.317 e. The summed E-state index contributed by atoms with van der Waals surface area (Å²) in [6.07, 6.45) is 0. The lowest BCUT2D eigenvalue weighted by molar-refractivity contribution is -0.114. The molecule has 0 saturated carbocycles. The maximum atomic E-state index is 11.1. The molecule has 1 N–H and O–H groups in total. The smallest absolute Gasteiger partial charge is 0.304 e. The molecule has 0 bridgehead atoms. The fourth-order valence-electron chi connectivity index (χ4n) is 0.868. The molecule has 1 rings (SSSR count). The lowest BCUT2D eigenvalue weighted by Gasteiger charge is -2.05. The number of rotatable bonds is 2. The van der Waals surface area contributed by atoms with Crippen LogP contribution >= 0.6 is 23.2 Å². The van der Waals surface area contributed by atoms with Gasteiger partial charge in [-0.25, -0.2) is 6.57 Å². The summed E-state index contributed by atoms with van der Waals surface area (Å²) in [5, 5.41) is 3.18. The Bertz CT molecular complexity index is 378. The van der Waals surface area contributed by atoms with Gasteiger partial charge in [-0.05, 0) is 12.1 Å². The highest BCUT2D eigenvalue weighted by Crippen LogP contribution is 2.29. The van der Waals surface area contributed by atoms with Crippen molar-refractivity contribution in [3.05, 3.63) is 39.7 Å². The summed E-state index contributed by atoms with van der Waals surface area (Å²) in [6, 6.07) is 4.90. The highest BCUT2D eigenvalue weighted by atomic mass is 35.5. The zero-order chi connectivity index (χ0) is 10.6. The lowest BCUT2D eigenvalue weighted by Crippen LogP contribution is -2.14. The van der Waals surface area contributed by atoms with Crippen molar-refractivity contribution in [2.75, 3.05) is 11.9 Å². The van der Waals surface area contributed by atoms with Gasteiger partial charge in [0.15, 0.2) is 0 Å². The van der Waals surface area contributed by atoms with E-state index in [0.29, 0.717) is 15.7 Å². The van der Waals surface area contributed by atoms with Gasteiger partial charge in [-0.3, -0.25) is 4.79 Å². The van der Waals surface area contributed by atoms with Crippen molar-refractivity contribution in [2.24, 2.45) is 0 Å². The van der Waals surface area contributed by atoms with Crippen LogP contribution in [0.25, 0.3) is 4.85 Å². The van der Waals surface area contributed by atoms with Crippen LogP contribution in [0.15, 0.2) is 18.2 Å². The van der Waals surface area contributed by atoms with Crippen molar-refractivity contribution in [3.63, 3.8) is 0 Å². The molecule has 0 atom stereocenters. The maximum Gasteiger partial charge on any atom is 0.304 e. The number of carbonyl (C=O) groups excluding carboxylic acids is 1. The quantitative estimate of drug-likeness (QED) is 0.777. The number of halogens is 2. The second-order valence-electron chi connectivity index (χ2n) is 2.46. The molecule has 1 amide bonds. The Balaban J connectivity index is 2.87. The number of carbonyl (C=O) groups is 1. The van der Waals surface area contributed by atoms with Crippen LogP contribution < -0.4 is 5.32 Å². The summed E-state index contributed by atoms with van der Waals surface area (Å²) in [6.45, 7) is 6.27. The number of nitrogens with zero attached hydrogens (tertiary/aromatic N) is 1. The Morgan fingerprint density at radius 1 is 1.43 bits per heavy atom. The van der Waals surface area contributed by atoms with Crippen LogP contribution in [0.4, 0.5) is 5.69 Å². The predicted molar refractivity (Wildman–Crippen MR) is 56.6 cm³/mol. The normalized spacial score (nSPS) is 9.21. The zero-order valence-corrected chi connectivity index (χ0v) is 8.56. The molecule has 0 aliphatic carbocycles. The van der Waals surface area contributed by atoms with Gasteiger partial charge in [-0.15, -0.1) is 0 Å². The summed E-state index contributed by atoms with van der Waals surface area (Å²) in [5.41, 5.74) is 0.351. The molecule has 0 aliphatic rings. The van der Waals surface area contributed by atoms with E-state index >= 15 is 0 Å². The molecule has 0 saturated heterocycles. The number of nitrogens with one attached hydrogen (secondary N) is 1. The van der Waals surface area contributed by atoms with Gasteiger partial charge >= 0.3 is 5.91 Å². The first kappa shape index (κ1) is 10.8. The Morgan fingerprint density at radius 2 is 2.00 bits per heavy atom. The van der Waals surface area contributed by atoms with E-state index < -0.39 is 5.91 Å². The maximum absolute atomic E-state index is 11.1. The SMILES string of the molecule is [C-]#[N+]CC(=O)Nc1c(Cl)cccc1Cl. The topological polar surface area (TPSA) is 33.5 Å². The van der Waals surface area contributed by atoms with E-state index in [1.165, 1.54) is 0 Å². The number of anilines is 1. The third-order valence-electron chi connectivity index (χ3n) is 1.45. The molecule has 0 radical (unpaired) electrons. The van der Waals surface area contributed by atoms with Crippen LogP contribution in [0, 0.1) is 6.57 Å². The predicted octanol–water partition coefficient (Wildman–Crippen LogP) is 2.85. The number of hydrogen-bond acceptors (Lipinski definition) is 1. The Morgan fingerprint density at radius 3 is 2.50 bits per heavy atom. The lowest BCUT2D eigenvalue weighted by atomic mass is 10.3. The molecule has 0 heterocycles. The van der Waals surface area contributed by atoms with E-state index in [1.54, 1.807) is 18.2 Å². The summed E-state index contributed by atoms with van der Waals surface area (Å²) in [4.78, 5) is 14.0. The van der Waals surface area contributed by atoms with Crippen LogP contribution in [0.3, 0.4) is 0 Å². The van der Waals surface area contributed by atoms with Gasteiger partial charge in [0.2, 0.25) is 0 Å². The van der Waals surface area contributed by atoms with Gasteiger partial charge < -0.3 is 10.2 Å². The summed E-state index contributed by atoms with van der Waals surface area (Å²) < 4.78 is 0. The van der Waals surface area contributed by atoms with Gasteiger partial charge in [-0.1, -0.05) is 29.3 Å². The molecule has 0 spiro atoms. The number of amides is 1.